The van der Waals surface area contributed by atoms with Gasteiger partial charge in [0, 0.05) is 32.7 Å². The van der Waals surface area contributed by atoms with Gasteiger partial charge in [-0.2, -0.15) is 4.98 Å². The van der Waals surface area contributed by atoms with Crippen LogP contribution in [0.1, 0.15) is 39.5 Å². The molecule has 1 aliphatic carbocycles. The lowest BCUT2D eigenvalue weighted by molar-refractivity contribution is 0.401. The first-order valence-electron chi connectivity index (χ1n) is 9.13. The first kappa shape index (κ1) is 18.4. The summed E-state index contributed by atoms with van der Waals surface area (Å²) in [4.78, 5) is 29.6. The van der Waals surface area contributed by atoms with Gasteiger partial charge in [-0.15, -0.1) is 0 Å². The van der Waals surface area contributed by atoms with Crippen LogP contribution in [0.3, 0.4) is 0 Å². The summed E-state index contributed by atoms with van der Waals surface area (Å²) in [5, 5.41) is 3.44. The SMILES string of the molecule is CC(C)=CCn1c(N[C@@H]2CCCC[C@H]2N)nc2c1c(=O)n(C)c(=O)n2C. The largest absolute Gasteiger partial charge is 0.351 e. The number of aryl methyl sites for hydroxylation is 1. The topological polar surface area (TPSA) is 99.9 Å². The van der Waals surface area contributed by atoms with Gasteiger partial charge in [0.05, 0.1) is 0 Å². The summed E-state index contributed by atoms with van der Waals surface area (Å²) in [5.41, 5.74) is 7.53. The number of hydrogen-bond donors (Lipinski definition) is 2. The summed E-state index contributed by atoms with van der Waals surface area (Å²) in [5.74, 6) is 0.596. The molecule has 0 spiro atoms. The van der Waals surface area contributed by atoms with Gasteiger partial charge in [-0.1, -0.05) is 24.5 Å². The Morgan fingerprint density at radius 1 is 1.23 bits per heavy atom. The van der Waals surface area contributed by atoms with E-state index in [2.05, 4.69) is 10.3 Å². The molecule has 3 rings (SSSR count). The van der Waals surface area contributed by atoms with Crippen LogP contribution in [0, 0.1) is 0 Å². The van der Waals surface area contributed by atoms with Crippen molar-refractivity contribution in [2.75, 3.05) is 5.32 Å². The fourth-order valence-electron chi connectivity index (χ4n) is 3.51. The molecule has 2 heterocycles. The van der Waals surface area contributed by atoms with Crippen LogP contribution in [-0.2, 0) is 20.6 Å². The van der Waals surface area contributed by atoms with E-state index in [9.17, 15) is 9.59 Å². The Balaban J connectivity index is 2.17. The van der Waals surface area contributed by atoms with E-state index in [4.69, 9.17) is 5.73 Å². The standard InChI is InChI=1S/C18H28N6O2/c1-11(2)9-10-24-14-15(22(3)18(26)23(4)16(14)25)21-17(24)20-13-8-6-5-7-12(13)19/h9,12-13H,5-8,10,19H2,1-4H3,(H,20,21)/t12-,13-/m1/s1. The van der Waals surface area contributed by atoms with Crippen molar-refractivity contribution in [3.8, 4) is 0 Å². The molecule has 1 aliphatic rings. The fraction of sp³-hybridized carbons (Fsp3) is 0.611. The smallest absolute Gasteiger partial charge is 0.332 e. The van der Waals surface area contributed by atoms with Gasteiger partial charge in [-0.05, 0) is 26.7 Å². The van der Waals surface area contributed by atoms with Gasteiger partial charge in [-0.25, -0.2) is 4.79 Å². The second kappa shape index (κ2) is 7.11. The molecule has 0 saturated heterocycles. The second-order valence-electron chi connectivity index (χ2n) is 7.40. The van der Waals surface area contributed by atoms with E-state index in [-0.39, 0.29) is 23.3 Å². The predicted molar refractivity (Wildman–Crippen MR) is 104 cm³/mol. The van der Waals surface area contributed by atoms with Crippen molar-refractivity contribution in [3.05, 3.63) is 32.5 Å². The molecule has 0 bridgehead atoms. The van der Waals surface area contributed by atoms with Gasteiger partial charge in [0.1, 0.15) is 0 Å². The van der Waals surface area contributed by atoms with Gasteiger partial charge in [0.15, 0.2) is 11.2 Å². The molecular weight excluding hydrogens is 332 g/mol. The minimum absolute atomic E-state index is 0.0621. The predicted octanol–water partition coefficient (Wildman–Crippen LogP) is 1.08. The highest BCUT2D eigenvalue weighted by Crippen LogP contribution is 2.23. The lowest BCUT2D eigenvalue weighted by Crippen LogP contribution is -2.43. The summed E-state index contributed by atoms with van der Waals surface area (Å²) in [7, 11) is 3.13. The monoisotopic (exact) mass is 360 g/mol. The zero-order valence-electron chi connectivity index (χ0n) is 16.0. The van der Waals surface area contributed by atoms with E-state index >= 15 is 0 Å². The van der Waals surface area contributed by atoms with Crippen molar-refractivity contribution < 1.29 is 0 Å². The maximum absolute atomic E-state index is 12.8. The van der Waals surface area contributed by atoms with Crippen LogP contribution >= 0.6 is 0 Å². The Bertz CT molecular complexity index is 961. The summed E-state index contributed by atoms with van der Waals surface area (Å²) in [6, 6.07) is 0.180. The van der Waals surface area contributed by atoms with Gasteiger partial charge >= 0.3 is 5.69 Å². The molecule has 8 nitrogen and oxygen atoms in total. The summed E-state index contributed by atoms with van der Waals surface area (Å²) >= 11 is 0. The fourth-order valence-corrected chi connectivity index (χ4v) is 3.51. The summed E-state index contributed by atoms with van der Waals surface area (Å²) in [6.07, 6.45) is 6.26. The highest BCUT2D eigenvalue weighted by atomic mass is 16.2. The van der Waals surface area contributed by atoms with E-state index in [0.29, 0.717) is 23.7 Å². The van der Waals surface area contributed by atoms with Crippen LogP contribution in [0.15, 0.2) is 21.2 Å². The molecular formula is C18H28N6O2. The van der Waals surface area contributed by atoms with Crippen molar-refractivity contribution in [3.63, 3.8) is 0 Å². The number of nitrogens with two attached hydrogens (primary N) is 1. The zero-order valence-corrected chi connectivity index (χ0v) is 16.0. The number of nitrogens with one attached hydrogen (secondary N) is 1. The third kappa shape index (κ3) is 3.21. The summed E-state index contributed by atoms with van der Waals surface area (Å²) in [6.45, 7) is 4.53. The summed E-state index contributed by atoms with van der Waals surface area (Å²) < 4.78 is 4.40. The van der Waals surface area contributed by atoms with Crippen molar-refractivity contribution in [2.24, 2.45) is 19.8 Å². The molecule has 0 radical (unpaired) electrons. The highest BCUT2D eigenvalue weighted by Gasteiger charge is 2.25. The molecule has 0 amide bonds. The van der Waals surface area contributed by atoms with Gasteiger partial charge in [0.25, 0.3) is 5.56 Å². The van der Waals surface area contributed by atoms with Crippen LogP contribution in [-0.4, -0.2) is 30.8 Å². The average Bonchev–Trinajstić information content (AvgIpc) is 2.96. The van der Waals surface area contributed by atoms with Crippen molar-refractivity contribution in [1.29, 1.82) is 0 Å². The average molecular weight is 360 g/mol. The Kier molecular flexibility index (Phi) is 5.04. The Morgan fingerprint density at radius 2 is 1.92 bits per heavy atom. The number of hydrogen-bond acceptors (Lipinski definition) is 5. The lowest BCUT2D eigenvalue weighted by atomic mass is 9.91. The molecule has 8 heteroatoms. The van der Waals surface area contributed by atoms with Crippen molar-refractivity contribution in [1.82, 2.24) is 18.7 Å². The Hall–Kier alpha value is -2.35. The number of aromatic nitrogens is 4. The molecule has 26 heavy (non-hydrogen) atoms. The van der Waals surface area contributed by atoms with Crippen molar-refractivity contribution in [2.45, 2.75) is 58.2 Å². The molecule has 3 N–H and O–H groups in total. The maximum Gasteiger partial charge on any atom is 0.332 e. The molecule has 0 aromatic carbocycles. The molecule has 2 atom stereocenters. The molecule has 2 aromatic rings. The number of allylic oxidation sites excluding steroid dienone is 2. The zero-order chi connectivity index (χ0) is 19.0. The van der Waals surface area contributed by atoms with E-state index in [1.807, 2.05) is 24.5 Å². The number of fused-ring (bicyclic) bond motifs is 1. The molecule has 0 aliphatic heterocycles. The van der Waals surface area contributed by atoms with Crippen molar-refractivity contribution >= 4 is 17.1 Å². The van der Waals surface area contributed by atoms with Gasteiger partial charge in [-0.3, -0.25) is 13.9 Å². The van der Waals surface area contributed by atoms with E-state index in [1.54, 1.807) is 7.05 Å². The third-order valence-corrected chi connectivity index (χ3v) is 5.16. The van der Waals surface area contributed by atoms with E-state index in [1.165, 1.54) is 11.6 Å². The van der Waals surface area contributed by atoms with Crippen LogP contribution in [0.2, 0.25) is 0 Å². The molecule has 142 valence electrons. The Labute approximate surface area is 152 Å². The highest BCUT2D eigenvalue weighted by molar-refractivity contribution is 5.74. The number of imidazole rings is 1. The Morgan fingerprint density at radius 3 is 2.58 bits per heavy atom. The number of rotatable bonds is 4. The minimum atomic E-state index is -0.379. The van der Waals surface area contributed by atoms with Gasteiger partial charge in [0.2, 0.25) is 5.95 Å². The van der Waals surface area contributed by atoms with E-state index in [0.717, 1.165) is 35.8 Å². The molecule has 1 fully saturated rings. The normalized spacial score (nSPS) is 20.3. The third-order valence-electron chi connectivity index (χ3n) is 5.16. The minimum Gasteiger partial charge on any atom is -0.351 e. The maximum atomic E-state index is 12.8. The molecule has 2 aromatic heterocycles. The molecule has 1 saturated carbocycles. The number of nitrogens with zero attached hydrogens (tertiary/aromatic N) is 4. The second-order valence-corrected chi connectivity index (χ2v) is 7.40. The van der Waals surface area contributed by atoms with E-state index < -0.39 is 0 Å². The van der Waals surface area contributed by atoms with Crippen LogP contribution in [0.4, 0.5) is 5.95 Å². The quantitative estimate of drug-likeness (QED) is 0.795. The van der Waals surface area contributed by atoms with Gasteiger partial charge < -0.3 is 15.6 Å². The van der Waals surface area contributed by atoms with Crippen LogP contribution in [0.5, 0.6) is 0 Å². The first-order chi connectivity index (χ1) is 12.3. The lowest BCUT2D eigenvalue weighted by Gasteiger charge is -2.29. The van der Waals surface area contributed by atoms with Crippen LogP contribution in [0.25, 0.3) is 11.2 Å². The number of anilines is 1. The van der Waals surface area contributed by atoms with Crippen LogP contribution < -0.4 is 22.3 Å². The molecule has 0 unspecified atom stereocenters. The first-order valence-corrected chi connectivity index (χ1v) is 9.13.